The highest BCUT2D eigenvalue weighted by molar-refractivity contribution is 5.85. The van der Waals surface area contributed by atoms with Gasteiger partial charge in [-0.25, -0.2) is 4.98 Å². The summed E-state index contributed by atoms with van der Waals surface area (Å²) in [5.74, 6) is 0.887. The van der Waals surface area contributed by atoms with E-state index in [2.05, 4.69) is 37.4 Å². The Bertz CT molecular complexity index is 849. The second kappa shape index (κ2) is 11.5. The number of hydrogen-bond donors (Lipinski definition) is 2. The molecule has 1 amide bonds. The zero-order chi connectivity index (χ0) is 18.4. The Balaban J connectivity index is 0.00000196. The highest BCUT2D eigenvalue weighted by atomic mass is 35.5. The van der Waals surface area contributed by atoms with Crippen LogP contribution in [0.25, 0.3) is 0 Å². The van der Waals surface area contributed by atoms with E-state index in [-0.39, 0.29) is 30.7 Å². The van der Waals surface area contributed by atoms with Crippen LogP contribution in [-0.4, -0.2) is 38.8 Å². The SMILES string of the molecule is CNC(C(=O)NCCc1nccn1Cc1ccccc1)c1cnn(C)c1.Cl.Cl. The Labute approximate surface area is 177 Å². The zero-order valence-electron chi connectivity index (χ0n) is 15.9. The first-order chi connectivity index (χ1) is 12.7. The number of aromatic nitrogens is 4. The van der Waals surface area contributed by atoms with Gasteiger partial charge >= 0.3 is 0 Å². The monoisotopic (exact) mass is 424 g/mol. The van der Waals surface area contributed by atoms with Crippen molar-refractivity contribution in [3.63, 3.8) is 0 Å². The van der Waals surface area contributed by atoms with Crippen LogP contribution in [0.3, 0.4) is 0 Å². The van der Waals surface area contributed by atoms with Crippen molar-refractivity contribution in [2.24, 2.45) is 7.05 Å². The van der Waals surface area contributed by atoms with Crippen LogP contribution >= 0.6 is 24.8 Å². The lowest BCUT2D eigenvalue weighted by molar-refractivity contribution is -0.123. The molecule has 152 valence electrons. The Kier molecular flexibility index (Phi) is 9.72. The van der Waals surface area contributed by atoms with Crippen LogP contribution in [0.2, 0.25) is 0 Å². The number of hydrogen-bond acceptors (Lipinski definition) is 4. The number of nitrogens with one attached hydrogen (secondary N) is 2. The van der Waals surface area contributed by atoms with E-state index in [0.29, 0.717) is 13.0 Å². The van der Waals surface area contributed by atoms with Crippen LogP contribution in [0, 0.1) is 0 Å². The van der Waals surface area contributed by atoms with Crippen molar-refractivity contribution >= 4 is 30.7 Å². The Morgan fingerprint density at radius 3 is 2.61 bits per heavy atom. The number of amides is 1. The van der Waals surface area contributed by atoms with Crippen molar-refractivity contribution in [2.45, 2.75) is 19.0 Å². The normalized spacial score (nSPS) is 11.2. The molecule has 2 heterocycles. The van der Waals surface area contributed by atoms with Gasteiger partial charge in [0.05, 0.1) is 6.20 Å². The minimum Gasteiger partial charge on any atom is -0.354 e. The first-order valence-electron chi connectivity index (χ1n) is 8.65. The number of halogens is 2. The van der Waals surface area contributed by atoms with Gasteiger partial charge in [0.25, 0.3) is 0 Å². The quantitative estimate of drug-likeness (QED) is 0.580. The summed E-state index contributed by atoms with van der Waals surface area (Å²) in [6.07, 6.45) is 7.98. The molecule has 2 N–H and O–H groups in total. The summed E-state index contributed by atoms with van der Waals surface area (Å²) >= 11 is 0. The lowest BCUT2D eigenvalue weighted by Gasteiger charge is -2.15. The van der Waals surface area contributed by atoms with E-state index in [4.69, 9.17) is 0 Å². The van der Waals surface area contributed by atoms with Crippen LogP contribution in [-0.2, 0) is 24.8 Å². The summed E-state index contributed by atoms with van der Waals surface area (Å²) in [5.41, 5.74) is 2.07. The number of nitrogens with zero attached hydrogens (tertiary/aromatic N) is 4. The van der Waals surface area contributed by atoms with Crippen molar-refractivity contribution in [1.82, 2.24) is 30.0 Å². The van der Waals surface area contributed by atoms with Crippen LogP contribution in [0.4, 0.5) is 0 Å². The first kappa shape index (κ1) is 23.7. The Morgan fingerprint density at radius 2 is 1.96 bits per heavy atom. The second-order valence-corrected chi connectivity index (χ2v) is 6.17. The van der Waals surface area contributed by atoms with Gasteiger partial charge in [0, 0.05) is 50.7 Å². The lowest BCUT2D eigenvalue weighted by atomic mass is 10.1. The average Bonchev–Trinajstić information content (AvgIpc) is 3.26. The minimum absolute atomic E-state index is 0. The smallest absolute Gasteiger partial charge is 0.241 e. The van der Waals surface area contributed by atoms with E-state index in [1.807, 2.05) is 37.6 Å². The fourth-order valence-corrected chi connectivity index (χ4v) is 2.93. The van der Waals surface area contributed by atoms with Crippen molar-refractivity contribution in [3.05, 3.63) is 72.1 Å². The van der Waals surface area contributed by atoms with Crippen LogP contribution < -0.4 is 10.6 Å². The van der Waals surface area contributed by atoms with Crippen molar-refractivity contribution in [3.8, 4) is 0 Å². The Morgan fingerprint density at radius 1 is 1.21 bits per heavy atom. The zero-order valence-corrected chi connectivity index (χ0v) is 17.5. The van der Waals surface area contributed by atoms with Crippen molar-refractivity contribution in [1.29, 1.82) is 0 Å². The molecule has 2 aromatic heterocycles. The third-order valence-corrected chi connectivity index (χ3v) is 4.25. The molecule has 0 aliphatic heterocycles. The van der Waals surface area contributed by atoms with Crippen LogP contribution in [0.15, 0.2) is 55.1 Å². The lowest BCUT2D eigenvalue weighted by Crippen LogP contribution is -2.37. The van der Waals surface area contributed by atoms with Gasteiger partial charge in [-0.1, -0.05) is 30.3 Å². The standard InChI is InChI=1S/C19H24N6O.2ClH/c1-20-18(16-12-23-24(2)14-16)19(26)22-9-8-17-21-10-11-25(17)13-15-6-4-3-5-7-15;;/h3-7,10-12,14,18,20H,8-9,13H2,1-2H3,(H,22,26);2*1H. The van der Waals surface area contributed by atoms with E-state index in [9.17, 15) is 4.79 Å². The molecule has 0 aliphatic carbocycles. The number of likely N-dealkylation sites (N-methyl/N-ethyl adjacent to an activating group) is 1. The minimum atomic E-state index is -0.409. The maximum atomic E-state index is 12.5. The molecule has 0 saturated carbocycles. The predicted octanol–water partition coefficient (Wildman–Crippen LogP) is 2.13. The van der Waals surface area contributed by atoms with E-state index in [1.165, 1.54) is 5.56 Å². The molecule has 3 aromatic rings. The molecular formula is C19H26Cl2N6O. The van der Waals surface area contributed by atoms with Gasteiger partial charge in [-0.3, -0.25) is 9.48 Å². The second-order valence-electron chi connectivity index (χ2n) is 6.17. The molecule has 0 aliphatic rings. The molecule has 0 spiro atoms. The summed E-state index contributed by atoms with van der Waals surface area (Å²) in [5, 5.41) is 10.1. The molecule has 1 unspecified atom stereocenters. The van der Waals surface area contributed by atoms with Gasteiger partial charge in [0.2, 0.25) is 5.91 Å². The van der Waals surface area contributed by atoms with Crippen LogP contribution in [0.1, 0.15) is 23.0 Å². The maximum Gasteiger partial charge on any atom is 0.241 e. The van der Waals surface area contributed by atoms with E-state index in [0.717, 1.165) is 17.9 Å². The highest BCUT2D eigenvalue weighted by Gasteiger charge is 2.19. The summed E-state index contributed by atoms with van der Waals surface area (Å²) < 4.78 is 3.80. The molecule has 0 saturated heterocycles. The molecule has 0 bridgehead atoms. The summed E-state index contributed by atoms with van der Waals surface area (Å²) in [7, 11) is 3.60. The molecule has 28 heavy (non-hydrogen) atoms. The average molecular weight is 425 g/mol. The fourth-order valence-electron chi connectivity index (χ4n) is 2.93. The fraction of sp³-hybridized carbons (Fsp3) is 0.316. The molecule has 7 nitrogen and oxygen atoms in total. The molecule has 9 heteroatoms. The molecule has 1 atom stereocenters. The summed E-state index contributed by atoms with van der Waals surface area (Å²) in [6.45, 7) is 1.31. The predicted molar refractivity (Wildman–Crippen MR) is 114 cm³/mol. The van der Waals surface area contributed by atoms with Gasteiger partial charge in [0.1, 0.15) is 11.9 Å². The van der Waals surface area contributed by atoms with Crippen LogP contribution in [0.5, 0.6) is 0 Å². The molecule has 3 rings (SSSR count). The van der Waals surface area contributed by atoms with E-state index in [1.54, 1.807) is 24.1 Å². The maximum absolute atomic E-state index is 12.5. The van der Waals surface area contributed by atoms with Gasteiger partial charge < -0.3 is 15.2 Å². The van der Waals surface area contributed by atoms with E-state index >= 15 is 0 Å². The summed E-state index contributed by atoms with van der Waals surface area (Å²) in [4.78, 5) is 16.9. The van der Waals surface area contributed by atoms with E-state index < -0.39 is 6.04 Å². The van der Waals surface area contributed by atoms with Crippen molar-refractivity contribution in [2.75, 3.05) is 13.6 Å². The largest absolute Gasteiger partial charge is 0.354 e. The summed E-state index contributed by atoms with van der Waals surface area (Å²) in [6, 6.07) is 9.85. The molecular weight excluding hydrogens is 399 g/mol. The molecule has 0 radical (unpaired) electrons. The molecule has 1 aromatic carbocycles. The third-order valence-electron chi connectivity index (χ3n) is 4.25. The number of rotatable bonds is 8. The topological polar surface area (TPSA) is 76.8 Å². The third kappa shape index (κ3) is 6.09. The number of imidazole rings is 1. The first-order valence-corrected chi connectivity index (χ1v) is 8.65. The Hall–Kier alpha value is -2.35. The molecule has 0 fully saturated rings. The number of benzene rings is 1. The van der Waals surface area contributed by atoms with Gasteiger partial charge in [-0.15, -0.1) is 24.8 Å². The van der Waals surface area contributed by atoms with Gasteiger partial charge in [0.15, 0.2) is 0 Å². The van der Waals surface area contributed by atoms with Gasteiger partial charge in [-0.2, -0.15) is 5.10 Å². The number of carbonyl (C=O) groups is 1. The number of aryl methyl sites for hydroxylation is 1. The highest BCUT2D eigenvalue weighted by Crippen LogP contribution is 2.11. The number of carbonyl (C=O) groups excluding carboxylic acids is 1. The van der Waals surface area contributed by atoms with Crippen molar-refractivity contribution < 1.29 is 4.79 Å². The van der Waals surface area contributed by atoms with Gasteiger partial charge in [-0.05, 0) is 12.6 Å².